The normalized spacial score (nSPS) is 14.8. The van der Waals surface area contributed by atoms with Crippen molar-refractivity contribution in [1.82, 2.24) is 0 Å². The van der Waals surface area contributed by atoms with Crippen LogP contribution in [-0.2, 0) is 0 Å². The maximum atomic E-state index is 6.12. The Bertz CT molecular complexity index is 809. The molecule has 1 heterocycles. The van der Waals surface area contributed by atoms with Gasteiger partial charge in [0.15, 0.2) is 0 Å². The largest absolute Gasteiger partial charge is 0.384 e. The lowest BCUT2D eigenvalue weighted by Crippen LogP contribution is -2.46. The van der Waals surface area contributed by atoms with Crippen LogP contribution in [0.25, 0.3) is 0 Å². The molecule has 1 aliphatic rings. The van der Waals surface area contributed by atoms with Gasteiger partial charge in [-0.25, -0.2) is 0 Å². The van der Waals surface area contributed by atoms with Gasteiger partial charge in [0, 0.05) is 61.8 Å². The molecule has 7 heteroatoms. The maximum Gasteiger partial charge on any atom is 0.125 e. The smallest absolute Gasteiger partial charge is 0.125 e. The van der Waals surface area contributed by atoms with Crippen LogP contribution in [0.1, 0.15) is 50.7 Å². The molecular weight excluding hydrogens is 432 g/mol. The van der Waals surface area contributed by atoms with E-state index in [-0.39, 0.29) is 12.4 Å². The lowest BCUT2D eigenvalue weighted by Gasteiger charge is -2.37. The van der Waals surface area contributed by atoms with Gasteiger partial charge in [-0.1, -0.05) is 26.7 Å². The summed E-state index contributed by atoms with van der Waals surface area (Å²) >= 11 is 0. The fourth-order valence-corrected chi connectivity index (χ4v) is 3.81. The zero-order chi connectivity index (χ0) is 22.8. The van der Waals surface area contributed by atoms with Crippen LogP contribution in [0, 0.1) is 0 Å². The molecule has 180 valence electrons. The highest BCUT2D eigenvalue weighted by Crippen LogP contribution is 2.21. The fraction of sp³-hybridized carbons (Fsp3) is 0.462. The number of hydrogen-bond acceptors (Lipinski definition) is 4. The summed E-state index contributed by atoms with van der Waals surface area (Å²) in [6.07, 6.45) is 4.41. The third-order valence-corrected chi connectivity index (χ3v) is 5.92. The molecule has 1 fully saturated rings. The Labute approximate surface area is 205 Å². The molecule has 3 rings (SSSR count). The van der Waals surface area contributed by atoms with Crippen molar-refractivity contribution in [3.8, 4) is 0 Å². The Balaban J connectivity index is 0.00000385. The van der Waals surface area contributed by atoms with Gasteiger partial charge in [-0.3, -0.25) is 9.98 Å². The highest BCUT2D eigenvalue weighted by molar-refractivity contribution is 5.98. The molecule has 1 saturated heterocycles. The Morgan fingerprint density at radius 1 is 0.667 bits per heavy atom. The summed E-state index contributed by atoms with van der Waals surface area (Å²) in [4.78, 5) is 13.8. The number of amidine groups is 2. The van der Waals surface area contributed by atoms with Crippen LogP contribution in [0.3, 0.4) is 0 Å². The van der Waals surface area contributed by atoms with E-state index in [1.807, 2.05) is 0 Å². The van der Waals surface area contributed by atoms with E-state index in [1.165, 1.54) is 11.4 Å². The van der Waals surface area contributed by atoms with Crippen molar-refractivity contribution in [2.24, 2.45) is 21.5 Å². The molecule has 0 saturated carbocycles. The van der Waals surface area contributed by atoms with Gasteiger partial charge in [-0.05, 0) is 61.4 Å². The second kappa shape index (κ2) is 13.7. The molecule has 0 radical (unpaired) electrons. The molecule has 2 aromatic rings. The number of hydrogen-bond donors (Lipinski definition) is 2. The number of unbranched alkanes of at least 4 members (excludes halogenated alkanes) is 2. The number of anilines is 2. The molecule has 0 aliphatic carbocycles. The quantitative estimate of drug-likeness (QED) is 0.305. The summed E-state index contributed by atoms with van der Waals surface area (Å²) in [5.74, 6) is 1.27. The summed E-state index contributed by atoms with van der Waals surface area (Å²) < 4.78 is 0. The molecule has 0 amide bonds. The molecule has 6 nitrogen and oxygen atoms in total. The second-order valence-electron chi connectivity index (χ2n) is 8.31. The fourth-order valence-electron chi connectivity index (χ4n) is 3.81. The molecule has 0 bridgehead atoms. The summed E-state index contributed by atoms with van der Waals surface area (Å²) in [6.45, 7) is 9.87. The van der Waals surface area contributed by atoms with Crippen LogP contribution in [0.4, 0.5) is 11.4 Å². The highest BCUT2D eigenvalue weighted by atomic mass is 35.5. The molecular formula is C26H39ClN6. The molecule has 1 aliphatic heterocycles. The van der Waals surface area contributed by atoms with Crippen LogP contribution < -0.4 is 21.3 Å². The Morgan fingerprint density at radius 3 is 1.30 bits per heavy atom. The van der Waals surface area contributed by atoms with Gasteiger partial charge in [-0.2, -0.15) is 0 Å². The molecule has 2 aromatic carbocycles. The minimum Gasteiger partial charge on any atom is -0.384 e. The van der Waals surface area contributed by atoms with Crippen LogP contribution in [0.15, 0.2) is 58.5 Å². The lowest BCUT2D eigenvalue weighted by atomic mass is 10.1. The zero-order valence-electron chi connectivity index (χ0n) is 20.0. The van der Waals surface area contributed by atoms with E-state index in [1.54, 1.807) is 0 Å². The number of piperazine rings is 1. The van der Waals surface area contributed by atoms with Crippen LogP contribution in [0.5, 0.6) is 0 Å². The van der Waals surface area contributed by atoms with E-state index in [4.69, 9.17) is 11.5 Å². The van der Waals surface area contributed by atoms with Crippen molar-refractivity contribution in [2.75, 3.05) is 49.1 Å². The van der Waals surface area contributed by atoms with E-state index in [0.717, 1.165) is 76.1 Å². The first kappa shape index (κ1) is 26.5. The maximum absolute atomic E-state index is 6.12. The van der Waals surface area contributed by atoms with E-state index in [2.05, 4.69) is 82.2 Å². The summed E-state index contributed by atoms with van der Waals surface area (Å²) in [5.41, 5.74) is 16.7. The number of halogens is 1. The van der Waals surface area contributed by atoms with Crippen LogP contribution in [-0.4, -0.2) is 50.9 Å². The number of rotatable bonds is 10. The molecule has 0 aromatic heterocycles. The standard InChI is InChI=1S/C26H38N6.ClH/c1-3-5-15-29-25(27)21-7-11-23(12-8-21)31-17-19-32(20-18-31)24-13-9-22(10-14-24)26(28)30-16-6-4-2;/h7-14H,3-6,15-20H2,1-2H3,(H2,27,29)(H2,28,30);1H. The van der Waals surface area contributed by atoms with Crippen molar-refractivity contribution in [1.29, 1.82) is 0 Å². The highest BCUT2D eigenvalue weighted by Gasteiger charge is 2.18. The third-order valence-electron chi connectivity index (χ3n) is 5.92. The van der Waals surface area contributed by atoms with E-state index < -0.39 is 0 Å². The molecule has 0 unspecified atom stereocenters. The van der Waals surface area contributed by atoms with E-state index >= 15 is 0 Å². The molecule has 0 spiro atoms. The number of nitrogens with zero attached hydrogens (tertiary/aromatic N) is 4. The number of aliphatic imine (C=N–C) groups is 2. The van der Waals surface area contributed by atoms with Gasteiger partial charge < -0.3 is 21.3 Å². The third kappa shape index (κ3) is 7.67. The van der Waals surface area contributed by atoms with Gasteiger partial charge in [0.25, 0.3) is 0 Å². The van der Waals surface area contributed by atoms with Crippen molar-refractivity contribution in [2.45, 2.75) is 39.5 Å². The van der Waals surface area contributed by atoms with Crippen molar-refractivity contribution in [3.05, 3.63) is 59.7 Å². The van der Waals surface area contributed by atoms with Gasteiger partial charge in [0.05, 0.1) is 0 Å². The molecule has 4 N–H and O–H groups in total. The number of nitrogens with two attached hydrogens (primary N) is 2. The van der Waals surface area contributed by atoms with Crippen molar-refractivity contribution < 1.29 is 0 Å². The average Bonchev–Trinajstić information content (AvgIpc) is 2.84. The van der Waals surface area contributed by atoms with Gasteiger partial charge in [-0.15, -0.1) is 12.4 Å². The number of benzene rings is 2. The first-order valence-electron chi connectivity index (χ1n) is 11.9. The SMILES string of the molecule is CCCCN=C(N)c1ccc(N2CCN(c3ccc(C(N)=NCCCC)cc3)CC2)cc1.Cl. The molecule has 33 heavy (non-hydrogen) atoms. The predicted molar refractivity (Wildman–Crippen MR) is 146 cm³/mol. The van der Waals surface area contributed by atoms with Crippen molar-refractivity contribution >= 4 is 35.5 Å². The topological polar surface area (TPSA) is 83.2 Å². The van der Waals surface area contributed by atoms with E-state index in [0.29, 0.717) is 11.7 Å². The van der Waals surface area contributed by atoms with E-state index in [9.17, 15) is 0 Å². The summed E-state index contributed by atoms with van der Waals surface area (Å²) in [6, 6.07) is 16.9. The zero-order valence-corrected chi connectivity index (χ0v) is 20.9. The average molecular weight is 471 g/mol. The van der Waals surface area contributed by atoms with Gasteiger partial charge in [0.1, 0.15) is 11.7 Å². The Kier molecular flexibility index (Phi) is 11.0. The Morgan fingerprint density at radius 2 is 1.00 bits per heavy atom. The minimum absolute atomic E-state index is 0. The lowest BCUT2D eigenvalue weighted by molar-refractivity contribution is 0.653. The Hall–Kier alpha value is -2.73. The second-order valence-corrected chi connectivity index (χ2v) is 8.31. The summed E-state index contributed by atoms with van der Waals surface area (Å²) in [5, 5.41) is 0. The predicted octanol–water partition coefficient (Wildman–Crippen LogP) is 4.45. The monoisotopic (exact) mass is 470 g/mol. The minimum atomic E-state index is 0. The molecule has 0 atom stereocenters. The van der Waals surface area contributed by atoms with Gasteiger partial charge >= 0.3 is 0 Å². The van der Waals surface area contributed by atoms with Gasteiger partial charge in [0.2, 0.25) is 0 Å². The summed E-state index contributed by atoms with van der Waals surface area (Å²) in [7, 11) is 0. The first-order valence-corrected chi connectivity index (χ1v) is 11.9. The van der Waals surface area contributed by atoms with Crippen LogP contribution in [0.2, 0.25) is 0 Å². The first-order chi connectivity index (χ1) is 15.6. The van der Waals surface area contributed by atoms with Crippen molar-refractivity contribution in [3.63, 3.8) is 0 Å². The van der Waals surface area contributed by atoms with Crippen LogP contribution >= 0.6 is 12.4 Å².